The number of hydrogen-bond acceptors (Lipinski definition) is 6. The van der Waals surface area contributed by atoms with Crippen LogP contribution in [0.25, 0.3) is 0 Å². The molecule has 0 amide bonds. The van der Waals surface area contributed by atoms with Gasteiger partial charge in [0.15, 0.2) is 18.3 Å². The molecule has 1 aromatic carbocycles. The zero-order valence-corrected chi connectivity index (χ0v) is 10.5. The molecule has 100 valence electrons. The molecule has 6 heteroatoms. The molecule has 0 bridgehead atoms. The molecule has 1 aliphatic rings. The molecule has 1 heterocycles. The number of benzene rings is 1. The highest BCUT2D eigenvalue weighted by atomic mass is 16.7. The van der Waals surface area contributed by atoms with Crippen molar-refractivity contribution in [1.82, 2.24) is 0 Å². The predicted molar refractivity (Wildman–Crippen MR) is 65.1 cm³/mol. The minimum absolute atomic E-state index is 0.108. The smallest absolute Gasteiger partial charge is 0.189 e. The molecular formula is C12H17NO5. The van der Waals surface area contributed by atoms with Gasteiger partial charge in [0.2, 0.25) is 0 Å². The maximum absolute atomic E-state index is 5.89. The normalized spacial score (nSPS) is 17.3. The molecule has 2 N–H and O–H groups in total. The summed E-state index contributed by atoms with van der Waals surface area (Å²) in [7, 11) is 3.08. The lowest BCUT2D eigenvalue weighted by Gasteiger charge is -2.14. The Bertz CT molecular complexity index is 406. The fraction of sp³-hybridized carbons (Fsp3) is 0.500. The summed E-state index contributed by atoms with van der Waals surface area (Å²) in [5.74, 6) is 1.60. The molecule has 6 nitrogen and oxygen atoms in total. The van der Waals surface area contributed by atoms with Crippen molar-refractivity contribution in [2.75, 3.05) is 40.0 Å². The van der Waals surface area contributed by atoms with Crippen molar-refractivity contribution in [3.63, 3.8) is 0 Å². The molecule has 1 aliphatic heterocycles. The van der Waals surface area contributed by atoms with Gasteiger partial charge in [-0.15, -0.1) is 0 Å². The zero-order chi connectivity index (χ0) is 13.0. The maximum atomic E-state index is 5.89. The summed E-state index contributed by atoms with van der Waals surface area (Å²) in [4.78, 5) is 0. The molecule has 18 heavy (non-hydrogen) atoms. The Balaban J connectivity index is 2.09. The van der Waals surface area contributed by atoms with Gasteiger partial charge < -0.3 is 29.4 Å². The number of ether oxygens (including phenoxy) is 5. The first kappa shape index (κ1) is 12.8. The summed E-state index contributed by atoms with van der Waals surface area (Å²) in [5, 5.41) is 0. The molecular weight excluding hydrogens is 238 g/mol. The quantitative estimate of drug-likeness (QED) is 0.445. The average Bonchev–Trinajstić information content (AvgIpc) is 3.18. The molecule has 0 spiro atoms. The van der Waals surface area contributed by atoms with Crippen LogP contribution in [0.5, 0.6) is 17.2 Å². The highest BCUT2D eigenvalue weighted by Gasteiger charge is 2.23. The van der Waals surface area contributed by atoms with E-state index in [0.29, 0.717) is 29.5 Å². The number of nitrogens with two attached hydrogens (primary N) is 1. The van der Waals surface area contributed by atoms with Gasteiger partial charge in [-0.1, -0.05) is 0 Å². The molecule has 1 aromatic rings. The first-order valence-corrected chi connectivity index (χ1v) is 5.58. The standard InChI is InChI=1S/C12H17NO5/c1-14-7-18-12-10(13)3-8(4-11(12)15-2)16-5-9-6-17-9/h3-4,9H,5-7,13H2,1-2H3/t9-/m1/s1. The van der Waals surface area contributed by atoms with Gasteiger partial charge >= 0.3 is 0 Å². The van der Waals surface area contributed by atoms with Crippen LogP contribution in [-0.2, 0) is 9.47 Å². The third-order valence-electron chi connectivity index (χ3n) is 2.44. The first-order valence-electron chi connectivity index (χ1n) is 5.58. The Morgan fingerprint density at radius 1 is 1.33 bits per heavy atom. The summed E-state index contributed by atoms with van der Waals surface area (Å²) < 4.78 is 26.0. The van der Waals surface area contributed by atoms with E-state index in [2.05, 4.69) is 0 Å². The van der Waals surface area contributed by atoms with E-state index >= 15 is 0 Å². The van der Waals surface area contributed by atoms with Crippen LogP contribution in [0.15, 0.2) is 12.1 Å². The van der Waals surface area contributed by atoms with E-state index in [4.69, 9.17) is 29.4 Å². The molecule has 0 aromatic heterocycles. The van der Waals surface area contributed by atoms with E-state index in [1.54, 1.807) is 19.2 Å². The second-order valence-electron chi connectivity index (χ2n) is 3.86. The molecule has 2 rings (SSSR count). The number of anilines is 1. The Labute approximate surface area is 106 Å². The molecule has 0 radical (unpaired) electrons. The summed E-state index contributed by atoms with van der Waals surface area (Å²) in [6.45, 7) is 1.37. The predicted octanol–water partition coefficient (Wildman–Crippen LogP) is 1.04. The zero-order valence-electron chi connectivity index (χ0n) is 10.5. The van der Waals surface area contributed by atoms with Crippen molar-refractivity contribution in [1.29, 1.82) is 0 Å². The number of rotatable bonds is 7. The van der Waals surface area contributed by atoms with Gasteiger partial charge in [0, 0.05) is 19.2 Å². The maximum Gasteiger partial charge on any atom is 0.189 e. The van der Waals surface area contributed by atoms with Crippen LogP contribution in [0.4, 0.5) is 5.69 Å². The van der Waals surface area contributed by atoms with Crippen molar-refractivity contribution < 1.29 is 23.7 Å². The van der Waals surface area contributed by atoms with Crippen molar-refractivity contribution >= 4 is 5.69 Å². The van der Waals surface area contributed by atoms with E-state index < -0.39 is 0 Å². The van der Waals surface area contributed by atoms with Crippen molar-refractivity contribution in [3.8, 4) is 17.2 Å². The summed E-state index contributed by atoms with van der Waals surface area (Å²) in [6.07, 6.45) is 0.196. The average molecular weight is 255 g/mol. The van der Waals surface area contributed by atoms with E-state index in [9.17, 15) is 0 Å². The summed E-state index contributed by atoms with van der Waals surface area (Å²) in [5.41, 5.74) is 6.33. The fourth-order valence-electron chi connectivity index (χ4n) is 1.46. The number of methoxy groups -OCH3 is 2. The first-order chi connectivity index (χ1) is 8.74. The van der Waals surface area contributed by atoms with E-state index in [-0.39, 0.29) is 12.9 Å². The van der Waals surface area contributed by atoms with Crippen LogP contribution in [0.2, 0.25) is 0 Å². The SMILES string of the molecule is COCOc1c(N)cc(OC[C@@H]2CO2)cc1OC. The van der Waals surface area contributed by atoms with Gasteiger partial charge in [0.1, 0.15) is 18.5 Å². The molecule has 0 saturated carbocycles. The fourth-order valence-corrected chi connectivity index (χ4v) is 1.46. The topological polar surface area (TPSA) is 75.5 Å². The lowest BCUT2D eigenvalue weighted by molar-refractivity contribution is 0.0496. The van der Waals surface area contributed by atoms with Gasteiger partial charge in [-0.05, 0) is 0 Å². The summed E-state index contributed by atoms with van der Waals surface area (Å²) in [6, 6.07) is 3.42. The van der Waals surface area contributed by atoms with Gasteiger partial charge in [0.25, 0.3) is 0 Å². The van der Waals surface area contributed by atoms with Crippen LogP contribution < -0.4 is 19.9 Å². The minimum Gasteiger partial charge on any atom is -0.493 e. The van der Waals surface area contributed by atoms with Gasteiger partial charge in [-0.2, -0.15) is 0 Å². The molecule has 1 atom stereocenters. The third kappa shape index (κ3) is 3.18. The van der Waals surface area contributed by atoms with Crippen molar-refractivity contribution in [3.05, 3.63) is 12.1 Å². The molecule has 0 unspecified atom stereocenters. The lowest BCUT2D eigenvalue weighted by Crippen LogP contribution is -2.07. The molecule has 1 fully saturated rings. The highest BCUT2D eigenvalue weighted by molar-refractivity contribution is 5.63. The lowest BCUT2D eigenvalue weighted by atomic mass is 10.2. The van der Waals surface area contributed by atoms with Gasteiger partial charge in [-0.3, -0.25) is 0 Å². The van der Waals surface area contributed by atoms with Crippen LogP contribution in [0, 0.1) is 0 Å². The Morgan fingerprint density at radius 2 is 2.11 bits per heavy atom. The van der Waals surface area contributed by atoms with Crippen molar-refractivity contribution in [2.45, 2.75) is 6.10 Å². The number of nitrogen functional groups attached to an aromatic ring is 1. The Hall–Kier alpha value is -1.66. The van der Waals surface area contributed by atoms with E-state index in [1.165, 1.54) is 7.11 Å². The largest absolute Gasteiger partial charge is 0.493 e. The number of epoxide rings is 1. The second-order valence-corrected chi connectivity index (χ2v) is 3.86. The minimum atomic E-state index is 0.108. The second kappa shape index (κ2) is 5.79. The van der Waals surface area contributed by atoms with Crippen molar-refractivity contribution in [2.24, 2.45) is 0 Å². The van der Waals surface area contributed by atoms with Crippen LogP contribution in [0.3, 0.4) is 0 Å². The molecule has 0 aliphatic carbocycles. The highest BCUT2D eigenvalue weighted by Crippen LogP contribution is 2.37. The van der Waals surface area contributed by atoms with Crippen LogP contribution in [-0.4, -0.2) is 40.3 Å². The van der Waals surface area contributed by atoms with E-state index in [0.717, 1.165) is 6.61 Å². The van der Waals surface area contributed by atoms with Gasteiger partial charge in [-0.25, -0.2) is 0 Å². The number of hydrogen-bond donors (Lipinski definition) is 1. The van der Waals surface area contributed by atoms with Crippen LogP contribution in [0.1, 0.15) is 0 Å². The van der Waals surface area contributed by atoms with E-state index in [1.807, 2.05) is 0 Å². The third-order valence-corrected chi connectivity index (χ3v) is 2.44. The Kier molecular flexibility index (Phi) is 4.11. The monoisotopic (exact) mass is 255 g/mol. The van der Waals surface area contributed by atoms with Gasteiger partial charge in [0.05, 0.1) is 19.4 Å². The summed E-state index contributed by atoms with van der Waals surface area (Å²) >= 11 is 0. The Morgan fingerprint density at radius 3 is 2.72 bits per heavy atom. The van der Waals surface area contributed by atoms with Crippen LogP contribution >= 0.6 is 0 Å². The molecule has 1 saturated heterocycles.